The minimum atomic E-state index is -1.39. The summed E-state index contributed by atoms with van der Waals surface area (Å²) in [5, 5.41) is 16.3. The summed E-state index contributed by atoms with van der Waals surface area (Å²) in [4.78, 5) is 21.5. The van der Waals surface area contributed by atoms with Crippen LogP contribution in [0.15, 0.2) is 23.4 Å². The molecule has 1 aliphatic heterocycles. The number of fused-ring (bicyclic) bond motifs is 1. The summed E-state index contributed by atoms with van der Waals surface area (Å²) in [7, 11) is 0. The average Bonchev–Trinajstić information content (AvgIpc) is 3.35. The molecule has 1 aromatic carbocycles. The van der Waals surface area contributed by atoms with E-state index in [4.69, 9.17) is 24.2 Å². The molecular formula is C27H36F2N6O5S. The maximum atomic E-state index is 13.8. The average molecular weight is 595 g/mol. The third-order valence-corrected chi connectivity index (χ3v) is 7.84. The fraction of sp³-hybridized carbons (Fsp3) is 0.593. The summed E-state index contributed by atoms with van der Waals surface area (Å²) < 4.78 is 44.0. The number of ether oxygens (including phenoxy) is 3. The Balaban J connectivity index is 1.34. The molecule has 4 N–H and O–H groups in total. The van der Waals surface area contributed by atoms with E-state index in [0.717, 1.165) is 23.8 Å². The maximum Gasteiger partial charge on any atom is 0.332 e. The summed E-state index contributed by atoms with van der Waals surface area (Å²) >= 11 is 1.50. The number of benzene rings is 1. The number of carbonyl (C=O) groups is 1. The molecule has 3 aliphatic rings. The summed E-state index contributed by atoms with van der Waals surface area (Å²) in [6.07, 6.45) is 0.810. The van der Waals surface area contributed by atoms with Crippen molar-refractivity contribution in [2.75, 3.05) is 34.7 Å². The van der Waals surface area contributed by atoms with Gasteiger partial charge in [0.1, 0.15) is 12.3 Å². The van der Waals surface area contributed by atoms with E-state index in [1.165, 1.54) is 17.8 Å². The number of rotatable bonds is 12. The number of halogens is 2. The van der Waals surface area contributed by atoms with Gasteiger partial charge in [0.25, 0.3) is 0 Å². The van der Waals surface area contributed by atoms with Gasteiger partial charge in [-0.1, -0.05) is 24.8 Å². The van der Waals surface area contributed by atoms with Crippen molar-refractivity contribution in [3.8, 4) is 0 Å². The van der Waals surface area contributed by atoms with Crippen molar-refractivity contribution < 1.29 is 32.9 Å². The molecule has 0 radical (unpaired) electrons. The van der Waals surface area contributed by atoms with E-state index >= 15 is 0 Å². The molecule has 5 atom stereocenters. The van der Waals surface area contributed by atoms with Crippen LogP contribution >= 0.6 is 11.8 Å². The molecule has 2 aliphatic carbocycles. The van der Waals surface area contributed by atoms with Crippen LogP contribution in [0.1, 0.15) is 58.4 Å². The lowest BCUT2D eigenvalue weighted by atomic mass is 10.1. The van der Waals surface area contributed by atoms with Gasteiger partial charge >= 0.3 is 5.97 Å². The van der Waals surface area contributed by atoms with Gasteiger partial charge in [-0.2, -0.15) is 0 Å². The van der Waals surface area contributed by atoms with Crippen LogP contribution in [0.25, 0.3) is 0 Å². The van der Waals surface area contributed by atoms with Crippen LogP contribution in [-0.2, 0) is 19.0 Å². The van der Waals surface area contributed by atoms with Gasteiger partial charge in [0, 0.05) is 12.0 Å². The molecule has 41 heavy (non-hydrogen) atoms. The normalized spacial score (nSPS) is 25.1. The Morgan fingerprint density at radius 1 is 1.20 bits per heavy atom. The van der Waals surface area contributed by atoms with Gasteiger partial charge in [-0.3, -0.25) is 10.4 Å². The van der Waals surface area contributed by atoms with E-state index in [-0.39, 0.29) is 31.2 Å². The third-order valence-electron chi connectivity index (χ3n) is 7.11. The molecule has 2 aromatic rings. The smallest absolute Gasteiger partial charge is 0.332 e. The lowest BCUT2D eigenvalue weighted by molar-refractivity contribution is -0.224. The van der Waals surface area contributed by atoms with E-state index in [1.54, 1.807) is 26.8 Å². The Morgan fingerprint density at radius 3 is 2.68 bits per heavy atom. The fourth-order valence-corrected chi connectivity index (χ4v) is 5.85. The summed E-state index contributed by atoms with van der Waals surface area (Å²) in [5.74, 6) is -1.51. The van der Waals surface area contributed by atoms with E-state index in [0.29, 0.717) is 35.3 Å². The SMILES string of the molecule is CCOC(=O)COC1CC(N2NNc3c(NC4CC4c4ccc(F)c(F)c4)nc(SCC)nc32)CC1OC(C)(C)O. The van der Waals surface area contributed by atoms with Crippen LogP contribution in [-0.4, -0.2) is 70.1 Å². The first kappa shape index (κ1) is 29.7. The Bertz CT molecular complexity index is 1270. The van der Waals surface area contributed by atoms with E-state index in [1.807, 2.05) is 11.9 Å². The summed E-state index contributed by atoms with van der Waals surface area (Å²) in [6, 6.07) is 3.87. The summed E-state index contributed by atoms with van der Waals surface area (Å²) in [5.41, 5.74) is 7.77. The van der Waals surface area contributed by atoms with Crippen LogP contribution in [0.5, 0.6) is 0 Å². The molecule has 5 unspecified atom stereocenters. The van der Waals surface area contributed by atoms with Crippen LogP contribution in [0.4, 0.5) is 26.1 Å². The molecule has 2 heterocycles. The number of carbonyl (C=O) groups excluding carboxylic acids is 1. The number of nitrogens with one attached hydrogen (secondary N) is 3. The lowest BCUT2D eigenvalue weighted by Gasteiger charge is -2.27. The highest BCUT2D eigenvalue weighted by molar-refractivity contribution is 7.99. The Kier molecular flexibility index (Phi) is 8.85. The van der Waals surface area contributed by atoms with E-state index in [2.05, 4.69) is 16.3 Å². The molecule has 0 spiro atoms. The molecule has 5 rings (SSSR count). The topological polar surface area (TPSA) is 130 Å². The zero-order valence-corrected chi connectivity index (χ0v) is 24.3. The van der Waals surface area contributed by atoms with Crippen LogP contribution in [0, 0.1) is 11.6 Å². The van der Waals surface area contributed by atoms with Gasteiger partial charge in [0.2, 0.25) is 0 Å². The molecule has 14 heteroatoms. The van der Waals surface area contributed by atoms with Gasteiger partial charge in [-0.25, -0.2) is 23.5 Å². The highest BCUT2D eigenvalue weighted by Crippen LogP contribution is 2.46. The minimum Gasteiger partial charge on any atom is -0.464 e. The molecule has 1 aromatic heterocycles. The van der Waals surface area contributed by atoms with Crippen molar-refractivity contribution in [2.24, 2.45) is 0 Å². The molecule has 0 bridgehead atoms. The first-order valence-corrected chi connectivity index (χ1v) is 14.8. The number of hydrazine groups is 2. The van der Waals surface area contributed by atoms with Crippen molar-refractivity contribution in [3.63, 3.8) is 0 Å². The fourth-order valence-electron chi connectivity index (χ4n) is 5.29. The molecular weight excluding hydrogens is 558 g/mol. The monoisotopic (exact) mass is 594 g/mol. The van der Waals surface area contributed by atoms with Gasteiger partial charge in [-0.05, 0) is 63.5 Å². The first-order chi connectivity index (χ1) is 19.6. The number of hydrogen-bond donors (Lipinski definition) is 4. The maximum absolute atomic E-state index is 13.8. The highest BCUT2D eigenvalue weighted by atomic mass is 32.2. The van der Waals surface area contributed by atoms with Gasteiger partial charge in [0.15, 0.2) is 34.2 Å². The Morgan fingerprint density at radius 2 is 1.98 bits per heavy atom. The number of aromatic nitrogens is 2. The van der Waals surface area contributed by atoms with Crippen LogP contribution in [0.2, 0.25) is 0 Å². The van der Waals surface area contributed by atoms with Gasteiger partial charge in [-0.15, -0.1) is 5.53 Å². The molecule has 2 saturated carbocycles. The molecule has 224 valence electrons. The predicted molar refractivity (Wildman–Crippen MR) is 149 cm³/mol. The predicted octanol–water partition coefficient (Wildman–Crippen LogP) is 3.71. The second-order valence-electron chi connectivity index (χ2n) is 10.7. The lowest BCUT2D eigenvalue weighted by Crippen LogP contribution is -2.44. The Hall–Kier alpha value is -2.78. The van der Waals surface area contributed by atoms with Crippen molar-refractivity contribution in [3.05, 3.63) is 35.4 Å². The van der Waals surface area contributed by atoms with Crippen LogP contribution < -0.4 is 21.3 Å². The molecule has 0 amide bonds. The molecule has 0 saturated heterocycles. The standard InChI is InChI=1S/C27H36F2N6O5S/c1-5-38-22(36)13-39-20-10-15(11-21(20)40-27(3,4)37)35-25-23(33-34-35)24(31-26(32-25)41-6-2)30-19-12-16(19)14-7-8-17(28)18(29)9-14/h7-9,15-16,19-21,33-34,37H,5-6,10-13H2,1-4H3,(H,30,31,32). The van der Waals surface area contributed by atoms with Crippen molar-refractivity contribution in [1.29, 1.82) is 0 Å². The second kappa shape index (κ2) is 12.2. The van der Waals surface area contributed by atoms with E-state index < -0.39 is 35.6 Å². The van der Waals surface area contributed by atoms with Crippen molar-refractivity contribution >= 4 is 35.1 Å². The van der Waals surface area contributed by atoms with Gasteiger partial charge < -0.3 is 24.6 Å². The van der Waals surface area contributed by atoms with E-state index in [9.17, 15) is 18.7 Å². The number of nitrogens with zero attached hydrogens (tertiary/aromatic N) is 3. The highest BCUT2D eigenvalue weighted by Gasteiger charge is 2.45. The first-order valence-electron chi connectivity index (χ1n) is 13.8. The van der Waals surface area contributed by atoms with Crippen molar-refractivity contribution in [2.45, 2.75) is 88.1 Å². The number of aliphatic hydroxyl groups is 1. The minimum absolute atomic E-state index is 0.00546. The quantitative estimate of drug-likeness (QED) is 0.124. The third kappa shape index (κ3) is 7.00. The number of anilines is 3. The Labute approximate surface area is 241 Å². The van der Waals surface area contributed by atoms with Gasteiger partial charge in [0.05, 0.1) is 24.9 Å². The number of thioether (sulfide) groups is 1. The number of hydrogen-bond acceptors (Lipinski definition) is 12. The zero-order valence-electron chi connectivity index (χ0n) is 23.4. The van der Waals surface area contributed by atoms with Crippen molar-refractivity contribution in [1.82, 2.24) is 15.5 Å². The zero-order chi connectivity index (χ0) is 29.3. The largest absolute Gasteiger partial charge is 0.464 e. The summed E-state index contributed by atoms with van der Waals surface area (Å²) in [6.45, 7) is 6.90. The molecule has 2 fully saturated rings. The second-order valence-corrected chi connectivity index (χ2v) is 12.0. The number of esters is 1. The van der Waals surface area contributed by atoms with Crippen LogP contribution in [0.3, 0.4) is 0 Å². The molecule has 11 nitrogen and oxygen atoms in total.